The number of ether oxygens (including phenoxy) is 2. The minimum absolute atomic E-state index is 0.0955. The Kier molecular flexibility index (Phi) is 6.03. The number of rotatable bonds is 7. The maximum absolute atomic E-state index is 12.4. The van der Waals surface area contributed by atoms with E-state index in [9.17, 15) is 4.79 Å². The fourth-order valence-electron chi connectivity index (χ4n) is 2.27. The van der Waals surface area contributed by atoms with Gasteiger partial charge < -0.3 is 14.8 Å². The molecule has 23 heavy (non-hydrogen) atoms. The van der Waals surface area contributed by atoms with E-state index in [0.717, 1.165) is 11.3 Å². The van der Waals surface area contributed by atoms with Gasteiger partial charge >= 0.3 is 0 Å². The molecule has 0 radical (unpaired) electrons. The third-order valence-corrected chi connectivity index (χ3v) is 3.66. The fourth-order valence-corrected chi connectivity index (χ4v) is 2.27. The smallest absolute Gasteiger partial charge is 0.261 e. The van der Waals surface area contributed by atoms with Gasteiger partial charge in [0.15, 0.2) is 6.10 Å². The van der Waals surface area contributed by atoms with Crippen LogP contribution < -0.4 is 14.8 Å². The first-order chi connectivity index (χ1) is 11.1. The van der Waals surface area contributed by atoms with E-state index in [1.165, 1.54) is 0 Å². The molecule has 4 heteroatoms. The normalized spacial score (nSPS) is 13.0. The van der Waals surface area contributed by atoms with Crippen molar-refractivity contribution in [1.29, 1.82) is 0 Å². The molecule has 0 spiro atoms. The number of hydrogen-bond acceptors (Lipinski definition) is 3. The molecule has 0 saturated heterocycles. The summed E-state index contributed by atoms with van der Waals surface area (Å²) in [7, 11) is 1.63. The van der Waals surface area contributed by atoms with Crippen LogP contribution in [0.4, 0.5) is 0 Å². The molecule has 0 unspecified atom stereocenters. The van der Waals surface area contributed by atoms with Crippen LogP contribution in [0.15, 0.2) is 54.6 Å². The number of carbonyl (C=O) groups excluding carboxylic acids is 1. The maximum atomic E-state index is 12.4. The summed E-state index contributed by atoms with van der Waals surface area (Å²) in [6.45, 7) is 3.89. The van der Waals surface area contributed by atoms with Crippen molar-refractivity contribution in [1.82, 2.24) is 5.32 Å². The summed E-state index contributed by atoms with van der Waals surface area (Å²) in [5, 5.41) is 3.00. The fraction of sp³-hybridized carbons (Fsp3) is 0.316. The molecule has 0 saturated carbocycles. The zero-order chi connectivity index (χ0) is 16.7. The number of methoxy groups -OCH3 is 1. The van der Waals surface area contributed by atoms with Crippen LogP contribution in [0.1, 0.15) is 31.9 Å². The Morgan fingerprint density at radius 3 is 2.26 bits per heavy atom. The van der Waals surface area contributed by atoms with Crippen molar-refractivity contribution >= 4 is 5.91 Å². The molecule has 0 aromatic heterocycles. The summed E-state index contributed by atoms with van der Waals surface area (Å²) in [5.41, 5.74) is 1.02. The number of carbonyl (C=O) groups is 1. The summed E-state index contributed by atoms with van der Waals surface area (Å²) in [4.78, 5) is 12.4. The highest BCUT2D eigenvalue weighted by atomic mass is 16.5. The molecular weight excluding hydrogens is 290 g/mol. The Hall–Kier alpha value is -2.49. The molecule has 0 aliphatic rings. The highest BCUT2D eigenvalue weighted by molar-refractivity contribution is 5.81. The SMILES string of the molecule is CC[C@H](Oc1ccccc1)C(=O)N[C@H](C)c1ccc(OC)cc1. The van der Waals surface area contributed by atoms with Gasteiger partial charge in [-0.15, -0.1) is 0 Å². The third-order valence-electron chi connectivity index (χ3n) is 3.66. The lowest BCUT2D eigenvalue weighted by Crippen LogP contribution is -2.39. The van der Waals surface area contributed by atoms with Crippen LogP contribution in [0.3, 0.4) is 0 Å². The Morgan fingerprint density at radius 2 is 1.70 bits per heavy atom. The van der Waals surface area contributed by atoms with Crippen molar-refractivity contribution in [3.8, 4) is 11.5 Å². The summed E-state index contributed by atoms with van der Waals surface area (Å²) >= 11 is 0. The van der Waals surface area contributed by atoms with Crippen molar-refractivity contribution in [2.75, 3.05) is 7.11 Å². The lowest BCUT2D eigenvalue weighted by Gasteiger charge is -2.21. The molecule has 0 fully saturated rings. The first kappa shape index (κ1) is 16.9. The molecule has 2 aromatic rings. The number of para-hydroxylation sites is 1. The lowest BCUT2D eigenvalue weighted by atomic mass is 10.1. The van der Waals surface area contributed by atoms with Gasteiger partial charge in [0, 0.05) is 0 Å². The van der Waals surface area contributed by atoms with Gasteiger partial charge in [0.05, 0.1) is 13.2 Å². The second-order valence-corrected chi connectivity index (χ2v) is 5.33. The van der Waals surface area contributed by atoms with Crippen LogP contribution in [0, 0.1) is 0 Å². The molecule has 0 aliphatic carbocycles. The van der Waals surface area contributed by atoms with Crippen molar-refractivity contribution < 1.29 is 14.3 Å². The Labute approximate surface area is 137 Å². The summed E-state index contributed by atoms with van der Waals surface area (Å²) in [5.74, 6) is 1.39. The molecule has 1 amide bonds. The average molecular weight is 313 g/mol. The summed E-state index contributed by atoms with van der Waals surface area (Å²) in [6, 6.07) is 17.0. The van der Waals surface area contributed by atoms with E-state index in [-0.39, 0.29) is 11.9 Å². The van der Waals surface area contributed by atoms with Gasteiger partial charge in [-0.25, -0.2) is 0 Å². The van der Waals surface area contributed by atoms with E-state index >= 15 is 0 Å². The van der Waals surface area contributed by atoms with Gasteiger partial charge in [-0.3, -0.25) is 4.79 Å². The van der Waals surface area contributed by atoms with E-state index in [2.05, 4.69) is 5.32 Å². The molecule has 2 atom stereocenters. The molecular formula is C19H23NO3. The largest absolute Gasteiger partial charge is 0.497 e. The van der Waals surface area contributed by atoms with Crippen LogP contribution in [0.2, 0.25) is 0 Å². The maximum Gasteiger partial charge on any atom is 0.261 e. The standard InChI is InChI=1S/C19H23NO3/c1-4-18(23-17-8-6-5-7-9-17)19(21)20-14(2)15-10-12-16(22-3)13-11-15/h5-14,18H,4H2,1-3H3,(H,20,21)/t14-,18+/m1/s1. The van der Waals surface area contributed by atoms with Crippen molar-refractivity contribution in [3.05, 3.63) is 60.2 Å². The van der Waals surface area contributed by atoms with Gasteiger partial charge in [0.2, 0.25) is 0 Å². The van der Waals surface area contributed by atoms with Crippen LogP contribution >= 0.6 is 0 Å². The van der Waals surface area contributed by atoms with E-state index in [1.54, 1.807) is 7.11 Å². The van der Waals surface area contributed by atoms with Crippen LogP contribution in [0.5, 0.6) is 11.5 Å². The number of benzene rings is 2. The van der Waals surface area contributed by atoms with Gasteiger partial charge in [-0.05, 0) is 43.2 Å². The van der Waals surface area contributed by atoms with E-state index in [4.69, 9.17) is 9.47 Å². The molecule has 1 N–H and O–H groups in total. The van der Waals surface area contributed by atoms with Gasteiger partial charge in [0.25, 0.3) is 5.91 Å². The zero-order valence-corrected chi connectivity index (χ0v) is 13.8. The average Bonchev–Trinajstić information content (AvgIpc) is 2.60. The quantitative estimate of drug-likeness (QED) is 0.847. The lowest BCUT2D eigenvalue weighted by molar-refractivity contribution is -0.128. The zero-order valence-electron chi connectivity index (χ0n) is 13.8. The third kappa shape index (κ3) is 4.74. The summed E-state index contributed by atoms with van der Waals surface area (Å²) in [6.07, 6.45) is 0.105. The molecule has 2 rings (SSSR count). The van der Waals surface area contributed by atoms with Crippen molar-refractivity contribution in [2.45, 2.75) is 32.4 Å². The Bertz CT molecular complexity index is 610. The van der Waals surface area contributed by atoms with E-state index in [1.807, 2.05) is 68.4 Å². The van der Waals surface area contributed by atoms with Crippen molar-refractivity contribution in [2.24, 2.45) is 0 Å². The monoisotopic (exact) mass is 313 g/mol. The Balaban J connectivity index is 1.97. The highest BCUT2D eigenvalue weighted by Gasteiger charge is 2.20. The topological polar surface area (TPSA) is 47.6 Å². The predicted molar refractivity (Wildman–Crippen MR) is 90.7 cm³/mol. The second-order valence-electron chi connectivity index (χ2n) is 5.33. The number of nitrogens with one attached hydrogen (secondary N) is 1. The van der Waals surface area contributed by atoms with E-state index in [0.29, 0.717) is 12.2 Å². The summed E-state index contributed by atoms with van der Waals surface area (Å²) < 4.78 is 10.9. The minimum Gasteiger partial charge on any atom is -0.497 e. The molecule has 4 nitrogen and oxygen atoms in total. The molecule has 0 heterocycles. The van der Waals surface area contributed by atoms with Crippen molar-refractivity contribution in [3.63, 3.8) is 0 Å². The first-order valence-corrected chi connectivity index (χ1v) is 7.80. The second kappa shape index (κ2) is 8.22. The molecule has 122 valence electrons. The van der Waals surface area contributed by atoms with Gasteiger partial charge in [0.1, 0.15) is 11.5 Å². The van der Waals surface area contributed by atoms with Crippen LogP contribution in [-0.2, 0) is 4.79 Å². The molecule has 0 aliphatic heterocycles. The minimum atomic E-state index is -0.502. The molecule has 0 bridgehead atoms. The predicted octanol–water partition coefficient (Wildman–Crippen LogP) is 3.73. The number of hydrogen-bond donors (Lipinski definition) is 1. The van der Waals surface area contributed by atoms with Gasteiger partial charge in [-0.1, -0.05) is 37.3 Å². The first-order valence-electron chi connectivity index (χ1n) is 7.80. The molecule has 2 aromatic carbocycles. The van der Waals surface area contributed by atoms with Gasteiger partial charge in [-0.2, -0.15) is 0 Å². The van der Waals surface area contributed by atoms with Crippen LogP contribution in [-0.4, -0.2) is 19.1 Å². The van der Waals surface area contributed by atoms with E-state index < -0.39 is 6.10 Å². The number of amides is 1. The highest BCUT2D eigenvalue weighted by Crippen LogP contribution is 2.18. The van der Waals surface area contributed by atoms with Crippen LogP contribution in [0.25, 0.3) is 0 Å². The Morgan fingerprint density at radius 1 is 1.04 bits per heavy atom.